The van der Waals surface area contributed by atoms with Crippen molar-refractivity contribution >= 4 is 17.1 Å². The van der Waals surface area contributed by atoms with Crippen molar-refractivity contribution in [1.82, 2.24) is 19.5 Å². The molecule has 4 heterocycles. The molecule has 0 aliphatic carbocycles. The van der Waals surface area contributed by atoms with E-state index >= 15 is 0 Å². The molecule has 4 rings (SSSR count). The molecule has 10 nitrogen and oxygen atoms in total. The first kappa shape index (κ1) is 17.4. The average molecular weight is 365 g/mol. The topological polar surface area (TPSA) is 137 Å². The van der Waals surface area contributed by atoms with Crippen molar-refractivity contribution in [3.8, 4) is 0 Å². The standard InChI is InChI=1S/C16H23N5O5/c1-8-2-4-20(5-3-8)16-19-10-13(17-7-18-14(10)25)21(16)15-12(24)11(23)9(6-22)26-15/h7-9,11-12,15,22-24H,2-6H2,1H3,(H,17,18,25)/t9-,11+,12-,15-/m0/s1. The number of hydrogen-bond donors (Lipinski definition) is 4. The maximum absolute atomic E-state index is 12.2. The SMILES string of the molecule is CC1CCN(c2nc3c(=O)[nH]cnc3n2[C@H]2O[C@@H](CO)[C@@H](O)[C@@H]2O)CC1. The average Bonchev–Trinajstić information content (AvgIpc) is 3.15. The number of aliphatic hydroxyl groups is 3. The van der Waals surface area contributed by atoms with Crippen LogP contribution in [0.2, 0.25) is 0 Å². The summed E-state index contributed by atoms with van der Waals surface area (Å²) in [6.45, 7) is 3.29. The number of nitrogens with one attached hydrogen (secondary N) is 1. The highest BCUT2D eigenvalue weighted by atomic mass is 16.6. The van der Waals surface area contributed by atoms with Crippen LogP contribution in [-0.4, -0.2) is 72.8 Å². The molecule has 2 aromatic heterocycles. The number of aromatic nitrogens is 4. The van der Waals surface area contributed by atoms with Crippen molar-refractivity contribution in [2.45, 2.75) is 44.3 Å². The van der Waals surface area contributed by atoms with Crippen LogP contribution < -0.4 is 10.5 Å². The predicted octanol–water partition coefficient (Wildman–Crippen LogP) is -1.03. The number of imidazole rings is 1. The minimum absolute atomic E-state index is 0.152. The van der Waals surface area contributed by atoms with Gasteiger partial charge in [0.05, 0.1) is 12.9 Å². The van der Waals surface area contributed by atoms with Gasteiger partial charge >= 0.3 is 0 Å². The molecule has 0 aromatic carbocycles. The Bertz CT molecular complexity index is 843. The molecule has 2 fully saturated rings. The maximum atomic E-state index is 12.2. The van der Waals surface area contributed by atoms with Crippen LogP contribution in [0.1, 0.15) is 26.0 Å². The van der Waals surface area contributed by atoms with Crippen molar-refractivity contribution in [2.75, 3.05) is 24.6 Å². The van der Waals surface area contributed by atoms with E-state index in [0.717, 1.165) is 25.9 Å². The summed E-state index contributed by atoms with van der Waals surface area (Å²) in [7, 11) is 0. The molecule has 2 saturated heterocycles. The number of ether oxygens (including phenoxy) is 1. The third-order valence-electron chi connectivity index (χ3n) is 5.30. The van der Waals surface area contributed by atoms with E-state index in [2.05, 4.69) is 21.9 Å². The lowest BCUT2D eigenvalue weighted by atomic mass is 10.00. The van der Waals surface area contributed by atoms with Crippen LogP contribution in [-0.2, 0) is 4.74 Å². The molecular weight excluding hydrogens is 342 g/mol. The summed E-state index contributed by atoms with van der Waals surface area (Å²) in [6.07, 6.45) is -1.16. The molecule has 0 amide bonds. The number of aliphatic hydroxyl groups excluding tert-OH is 3. The van der Waals surface area contributed by atoms with Crippen molar-refractivity contribution in [3.05, 3.63) is 16.7 Å². The van der Waals surface area contributed by atoms with Gasteiger partial charge in [-0.1, -0.05) is 6.92 Å². The van der Waals surface area contributed by atoms with Gasteiger partial charge in [0.25, 0.3) is 5.56 Å². The number of rotatable bonds is 3. The second-order valence-corrected chi connectivity index (χ2v) is 7.08. The Morgan fingerprint density at radius 1 is 1.31 bits per heavy atom. The zero-order valence-electron chi connectivity index (χ0n) is 14.4. The highest BCUT2D eigenvalue weighted by Crippen LogP contribution is 2.35. The minimum atomic E-state index is -1.27. The van der Waals surface area contributed by atoms with Gasteiger partial charge in [0.1, 0.15) is 18.3 Å². The van der Waals surface area contributed by atoms with E-state index in [1.54, 1.807) is 4.57 Å². The molecule has 2 aromatic rings. The van der Waals surface area contributed by atoms with Crippen LogP contribution in [0.3, 0.4) is 0 Å². The van der Waals surface area contributed by atoms with E-state index in [9.17, 15) is 20.1 Å². The molecule has 26 heavy (non-hydrogen) atoms. The van der Waals surface area contributed by atoms with Gasteiger partial charge in [-0.25, -0.2) is 9.97 Å². The quantitative estimate of drug-likeness (QED) is 0.542. The van der Waals surface area contributed by atoms with Gasteiger partial charge in [0, 0.05) is 13.1 Å². The fraction of sp³-hybridized carbons (Fsp3) is 0.688. The van der Waals surface area contributed by atoms with Crippen LogP contribution in [0.15, 0.2) is 11.1 Å². The third kappa shape index (κ3) is 2.69. The van der Waals surface area contributed by atoms with Crippen LogP contribution in [0.4, 0.5) is 5.95 Å². The molecule has 142 valence electrons. The number of aromatic amines is 1. The number of nitrogens with zero attached hydrogens (tertiary/aromatic N) is 4. The minimum Gasteiger partial charge on any atom is -0.394 e. The zero-order valence-corrected chi connectivity index (χ0v) is 14.4. The summed E-state index contributed by atoms with van der Waals surface area (Å²) in [5, 5.41) is 29.9. The van der Waals surface area contributed by atoms with Gasteiger partial charge in [-0.2, -0.15) is 0 Å². The number of H-pyrrole nitrogens is 1. The Labute approximate surface area is 149 Å². The first-order chi connectivity index (χ1) is 12.5. The van der Waals surface area contributed by atoms with Crippen molar-refractivity contribution in [1.29, 1.82) is 0 Å². The van der Waals surface area contributed by atoms with Crippen LogP contribution >= 0.6 is 0 Å². The fourth-order valence-corrected chi connectivity index (χ4v) is 3.67. The monoisotopic (exact) mass is 365 g/mol. The summed E-state index contributed by atoms with van der Waals surface area (Å²) in [5.74, 6) is 1.09. The molecule has 0 radical (unpaired) electrons. The van der Waals surface area contributed by atoms with Crippen molar-refractivity contribution in [2.24, 2.45) is 5.92 Å². The second kappa shape index (κ2) is 6.62. The van der Waals surface area contributed by atoms with E-state index in [-0.39, 0.29) is 16.7 Å². The molecule has 4 N–H and O–H groups in total. The van der Waals surface area contributed by atoms with Gasteiger partial charge in [0.2, 0.25) is 5.95 Å². The molecule has 0 saturated carbocycles. The Morgan fingerprint density at radius 3 is 2.69 bits per heavy atom. The van der Waals surface area contributed by atoms with E-state index in [1.165, 1.54) is 6.33 Å². The maximum Gasteiger partial charge on any atom is 0.278 e. The molecule has 0 spiro atoms. The molecule has 10 heteroatoms. The Kier molecular flexibility index (Phi) is 4.43. The first-order valence-corrected chi connectivity index (χ1v) is 8.84. The molecule has 0 unspecified atom stereocenters. The molecule has 2 aliphatic heterocycles. The lowest BCUT2D eigenvalue weighted by molar-refractivity contribution is -0.0505. The van der Waals surface area contributed by atoms with E-state index in [4.69, 9.17) is 4.74 Å². The third-order valence-corrected chi connectivity index (χ3v) is 5.30. The van der Waals surface area contributed by atoms with Crippen LogP contribution in [0.25, 0.3) is 11.2 Å². The fourth-order valence-electron chi connectivity index (χ4n) is 3.67. The smallest absolute Gasteiger partial charge is 0.278 e. The lowest BCUT2D eigenvalue weighted by Crippen LogP contribution is -2.37. The molecule has 4 atom stereocenters. The molecular formula is C16H23N5O5. The highest BCUT2D eigenvalue weighted by molar-refractivity contribution is 5.73. The van der Waals surface area contributed by atoms with Crippen molar-refractivity contribution in [3.63, 3.8) is 0 Å². The summed E-state index contributed by atoms with van der Waals surface area (Å²) < 4.78 is 7.23. The van der Waals surface area contributed by atoms with Gasteiger partial charge in [-0.05, 0) is 18.8 Å². The van der Waals surface area contributed by atoms with Gasteiger partial charge in [-0.3, -0.25) is 9.36 Å². The summed E-state index contributed by atoms with van der Waals surface area (Å²) in [5.41, 5.74) is 0.0446. The largest absolute Gasteiger partial charge is 0.394 e. The molecule has 2 aliphatic rings. The Balaban J connectivity index is 1.83. The lowest BCUT2D eigenvalue weighted by Gasteiger charge is -2.32. The second-order valence-electron chi connectivity index (χ2n) is 7.08. The Hall–Kier alpha value is -2.01. The summed E-state index contributed by atoms with van der Waals surface area (Å²) >= 11 is 0. The van der Waals surface area contributed by atoms with Gasteiger partial charge < -0.3 is 29.9 Å². The van der Waals surface area contributed by atoms with E-state index in [0.29, 0.717) is 11.9 Å². The van der Waals surface area contributed by atoms with Gasteiger partial charge in [0.15, 0.2) is 17.4 Å². The number of piperidine rings is 1. The van der Waals surface area contributed by atoms with E-state index < -0.39 is 31.1 Å². The zero-order chi connectivity index (χ0) is 18.4. The molecule has 0 bridgehead atoms. The van der Waals surface area contributed by atoms with Crippen molar-refractivity contribution < 1.29 is 20.1 Å². The summed E-state index contributed by atoms with van der Waals surface area (Å²) in [6, 6.07) is 0. The van der Waals surface area contributed by atoms with E-state index in [1.807, 2.05) is 4.90 Å². The predicted molar refractivity (Wildman–Crippen MR) is 91.8 cm³/mol. The van der Waals surface area contributed by atoms with Gasteiger partial charge in [-0.15, -0.1) is 0 Å². The van der Waals surface area contributed by atoms with Crippen LogP contribution in [0, 0.1) is 5.92 Å². The first-order valence-electron chi connectivity index (χ1n) is 8.84. The number of hydrogen-bond acceptors (Lipinski definition) is 8. The number of fused-ring (bicyclic) bond motifs is 1. The Morgan fingerprint density at radius 2 is 2.04 bits per heavy atom. The summed E-state index contributed by atoms with van der Waals surface area (Å²) in [4.78, 5) is 25.4. The number of anilines is 1. The highest BCUT2D eigenvalue weighted by Gasteiger charge is 2.45. The normalized spacial score (nSPS) is 30.4. The van der Waals surface area contributed by atoms with Crippen LogP contribution in [0.5, 0.6) is 0 Å².